The van der Waals surface area contributed by atoms with Crippen LogP contribution < -0.4 is 5.32 Å². The number of nitrogens with one attached hydrogen (secondary N) is 1. The summed E-state index contributed by atoms with van der Waals surface area (Å²) in [5.74, 6) is 1.45. The first-order valence-corrected chi connectivity index (χ1v) is 6.11. The quantitative estimate of drug-likeness (QED) is 0.628. The number of aromatic hydroxyl groups is 1. The van der Waals surface area contributed by atoms with Crippen LogP contribution in [0, 0.1) is 12.8 Å². The molecule has 1 aliphatic rings. The number of aliphatic imine (C=N–C) groups is 1. The molecule has 1 unspecified atom stereocenters. The third kappa shape index (κ3) is 2.80. The van der Waals surface area contributed by atoms with Crippen molar-refractivity contribution in [2.24, 2.45) is 10.9 Å². The number of rotatable bonds is 3. The standard InChI is InChI=1S/C15H18N2O/c1-3-5-12-6-4-9-16-15(12)17-13-8-7-11(2)10-14(13)18/h3-4,7-10,12,18H,1,5-6H2,2H3,(H,16,17). The van der Waals surface area contributed by atoms with E-state index in [1.165, 1.54) is 0 Å². The van der Waals surface area contributed by atoms with Gasteiger partial charge < -0.3 is 10.4 Å². The lowest BCUT2D eigenvalue weighted by molar-refractivity contribution is 0.477. The van der Waals surface area contributed by atoms with Crippen LogP contribution in [0.5, 0.6) is 5.75 Å². The maximum absolute atomic E-state index is 9.88. The van der Waals surface area contributed by atoms with Gasteiger partial charge in [0.2, 0.25) is 0 Å². The normalized spacial score (nSPS) is 18.3. The molecule has 2 rings (SSSR count). The van der Waals surface area contributed by atoms with E-state index in [0.717, 1.165) is 24.2 Å². The van der Waals surface area contributed by atoms with E-state index in [-0.39, 0.29) is 5.75 Å². The highest BCUT2D eigenvalue weighted by atomic mass is 16.3. The molecule has 3 heteroatoms. The van der Waals surface area contributed by atoms with Crippen LogP contribution in [0.25, 0.3) is 0 Å². The second-order valence-corrected chi connectivity index (χ2v) is 4.50. The summed E-state index contributed by atoms with van der Waals surface area (Å²) < 4.78 is 0. The van der Waals surface area contributed by atoms with E-state index >= 15 is 0 Å². The van der Waals surface area contributed by atoms with Gasteiger partial charge in [0.05, 0.1) is 5.69 Å². The lowest BCUT2D eigenvalue weighted by atomic mass is 9.98. The summed E-state index contributed by atoms with van der Waals surface area (Å²) in [4.78, 5) is 4.35. The molecule has 1 aliphatic heterocycles. The van der Waals surface area contributed by atoms with E-state index in [9.17, 15) is 5.11 Å². The minimum atomic E-state index is 0.254. The van der Waals surface area contributed by atoms with Crippen molar-refractivity contribution in [3.63, 3.8) is 0 Å². The summed E-state index contributed by atoms with van der Waals surface area (Å²) in [6.45, 7) is 5.72. The van der Waals surface area contributed by atoms with Gasteiger partial charge in [-0.25, -0.2) is 4.99 Å². The largest absolute Gasteiger partial charge is 0.506 e. The molecule has 0 spiro atoms. The van der Waals surface area contributed by atoms with Crippen molar-refractivity contribution in [1.82, 2.24) is 0 Å². The summed E-state index contributed by atoms with van der Waals surface area (Å²) in [7, 11) is 0. The Kier molecular flexibility index (Phi) is 3.82. The van der Waals surface area contributed by atoms with Gasteiger partial charge in [-0.3, -0.25) is 0 Å². The Morgan fingerprint density at radius 3 is 3.11 bits per heavy atom. The van der Waals surface area contributed by atoms with E-state index in [0.29, 0.717) is 11.6 Å². The fourth-order valence-corrected chi connectivity index (χ4v) is 2.00. The van der Waals surface area contributed by atoms with Crippen LogP contribution in [0.1, 0.15) is 18.4 Å². The zero-order valence-corrected chi connectivity index (χ0v) is 10.6. The fraction of sp³-hybridized carbons (Fsp3) is 0.267. The predicted octanol–water partition coefficient (Wildman–Crippen LogP) is 3.62. The average Bonchev–Trinajstić information content (AvgIpc) is 2.35. The smallest absolute Gasteiger partial charge is 0.139 e. The number of phenols is 1. The van der Waals surface area contributed by atoms with Crippen molar-refractivity contribution in [2.45, 2.75) is 19.8 Å². The maximum Gasteiger partial charge on any atom is 0.139 e. The van der Waals surface area contributed by atoms with Crippen molar-refractivity contribution in [2.75, 3.05) is 5.32 Å². The van der Waals surface area contributed by atoms with Gasteiger partial charge >= 0.3 is 0 Å². The first-order valence-electron chi connectivity index (χ1n) is 6.11. The molecule has 0 bridgehead atoms. The molecule has 0 amide bonds. The Morgan fingerprint density at radius 2 is 2.39 bits per heavy atom. The molecule has 0 saturated heterocycles. The molecule has 1 atom stereocenters. The molecule has 1 aromatic carbocycles. The third-order valence-corrected chi connectivity index (χ3v) is 2.99. The first kappa shape index (κ1) is 12.4. The number of anilines is 1. The van der Waals surface area contributed by atoms with Crippen LogP contribution >= 0.6 is 0 Å². The molecule has 0 saturated carbocycles. The molecular formula is C15H18N2O. The molecule has 0 radical (unpaired) electrons. The molecule has 18 heavy (non-hydrogen) atoms. The van der Waals surface area contributed by atoms with Crippen molar-refractivity contribution in [1.29, 1.82) is 0 Å². The Balaban J connectivity index is 2.18. The predicted molar refractivity (Wildman–Crippen MR) is 76.0 cm³/mol. The fourth-order valence-electron chi connectivity index (χ4n) is 2.00. The van der Waals surface area contributed by atoms with Crippen LogP contribution in [0.15, 0.2) is 48.1 Å². The minimum Gasteiger partial charge on any atom is -0.506 e. The number of nitrogens with zero attached hydrogens (tertiary/aromatic N) is 1. The van der Waals surface area contributed by atoms with Crippen molar-refractivity contribution in [3.05, 3.63) is 48.7 Å². The van der Waals surface area contributed by atoms with Crippen LogP contribution in [-0.2, 0) is 0 Å². The van der Waals surface area contributed by atoms with E-state index in [2.05, 4.69) is 16.9 Å². The van der Waals surface area contributed by atoms with Gasteiger partial charge in [0.15, 0.2) is 0 Å². The van der Waals surface area contributed by atoms with Gasteiger partial charge in [0, 0.05) is 12.1 Å². The van der Waals surface area contributed by atoms with Crippen LogP contribution in [-0.4, -0.2) is 10.9 Å². The highest BCUT2D eigenvalue weighted by Crippen LogP contribution is 2.26. The van der Waals surface area contributed by atoms with Crippen LogP contribution in [0.4, 0.5) is 5.69 Å². The topological polar surface area (TPSA) is 44.6 Å². The second-order valence-electron chi connectivity index (χ2n) is 4.50. The summed E-state index contributed by atoms with van der Waals surface area (Å²) in [6.07, 6.45) is 7.57. The minimum absolute atomic E-state index is 0.254. The lowest BCUT2D eigenvalue weighted by Crippen LogP contribution is -2.23. The second kappa shape index (κ2) is 5.54. The molecule has 1 aromatic rings. The molecule has 0 aromatic heterocycles. The van der Waals surface area contributed by atoms with Crippen LogP contribution in [0.2, 0.25) is 0 Å². The van der Waals surface area contributed by atoms with E-state index < -0.39 is 0 Å². The Labute approximate surface area is 108 Å². The number of allylic oxidation sites excluding steroid dienone is 2. The first-order chi connectivity index (χ1) is 8.70. The summed E-state index contributed by atoms with van der Waals surface area (Å²) in [6, 6.07) is 5.57. The Morgan fingerprint density at radius 1 is 1.56 bits per heavy atom. The molecular weight excluding hydrogens is 224 g/mol. The number of hydrogen-bond donors (Lipinski definition) is 2. The third-order valence-electron chi connectivity index (χ3n) is 2.99. The van der Waals surface area contributed by atoms with Crippen molar-refractivity contribution < 1.29 is 5.11 Å². The summed E-state index contributed by atoms with van der Waals surface area (Å²) >= 11 is 0. The summed E-state index contributed by atoms with van der Waals surface area (Å²) in [5.41, 5.74) is 1.73. The average molecular weight is 242 g/mol. The van der Waals surface area contributed by atoms with Gasteiger partial charge in [-0.05, 0) is 37.5 Å². The SMILES string of the molecule is C=CCC1CC=CN=C1Nc1ccc(C)cc1O. The highest BCUT2D eigenvalue weighted by Gasteiger charge is 2.16. The molecule has 1 heterocycles. The maximum atomic E-state index is 9.88. The monoisotopic (exact) mass is 242 g/mol. The number of amidine groups is 1. The molecule has 0 fully saturated rings. The molecule has 2 N–H and O–H groups in total. The molecule has 0 aliphatic carbocycles. The zero-order chi connectivity index (χ0) is 13.0. The number of phenolic OH excluding ortho intramolecular Hbond substituents is 1. The number of benzene rings is 1. The summed E-state index contributed by atoms with van der Waals surface area (Å²) in [5, 5.41) is 13.1. The van der Waals surface area contributed by atoms with E-state index in [1.807, 2.05) is 31.2 Å². The van der Waals surface area contributed by atoms with Crippen LogP contribution in [0.3, 0.4) is 0 Å². The zero-order valence-electron chi connectivity index (χ0n) is 10.6. The highest BCUT2D eigenvalue weighted by molar-refractivity contribution is 5.99. The van der Waals surface area contributed by atoms with Gasteiger partial charge in [-0.1, -0.05) is 18.2 Å². The van der Waals surface area contributed by atoms with E-state index in [4.69, 9.17) is 0 Å². The lowest BCUT2D eigenvalue weighted by Gasteiger charge is -2.20. The van der Waals surface area contributed by atoms with Gasteiger partial charge in [-0.15, -0.1) is 6.58 Å². The van der Waals surface area contributed by atoms with Gasteiger partial charge in [0.25, 0.3) is 0 Å². The Hall–Kier alpha value is -2.03. The van der Waals surface area contributed by atoms with Crippen molar-refractivity contribution >= 4 is 11.5 Å². The van der Waals surface area contributed by atoms with Gasteiger partial charge in [-0.2, -0.15) is 0 Å². The molecule has 94 valence electrons. The number of hydrogen-bond acceptors (Lipinski definition) is 3. The Bertz CT molecular complexity index is 501. The van der Waals surface area contributed by atoms with Gasteiger partial charge in [0.1, 0.15) is 11.6 Å². The van der Waals surface area contributed by atoms with Crippen molar-refractivity contribution in [3.8, 4) is 5.75 Å². The molecule has 3 nitrogen and oxygen atoms in total. The van der Waals surface area contributed by atoms with E-state index in [1.54, 1.807) is 12.3 Å². The number of aryl methyl sites for hydroxylation is 1.